The fourth-order valence-electron chi connectivity index (χ4n) is 0.850. The first-order valence-corrected chi connectivity index (χ1v) is 5.38. The lowest BCUT2D eigenvalue weighted by Crippen LogP contribution is -2.35. The van der Waals surface area contributed by atoms with Crippen LogP contribution in [0.25, 0.3) is 0 Å². The molecule has 0 spiro atoms. The molecule has 0 saturated heterocycles. The molecule has 1 amide bonds. The van der Waals surface area contributed by atoms with Gasteiger partial charge in [-0.15, -0.1) is 0 Å². The smallest absolute Gasteiger partial charge is 0.252 e. The molecule has 0 saturated carbocycles. The molecule has 0 aromatic carbocycles. The average Bonchev–Trinajstić information content (AvgIpc) is 2.55. The average molecular weight is 197 g/mol. The molecule has 1 aromatic heterocycles. The summed E-state index contributed by atoms with van der Waals surface area (Å²) < 4.78 is 0. The van der Waals surface area contributed by atoms with Gasteiger partial charge >= 0.3 is 0 Å². The molecule has 0 aliphatic carbocycles. The van der Waals surface area contributed by atoms with E-state index in [1.165, 1.54) is 0 Å². The Morgan fingerprint density at radius 3 is 2.62 bits per heavy atom. The van der Waals surface area contributed by atoms with Crippen LogP contribution in [0.5, 0.6) is 0 Å². The molecule has 0 fully saturated rings. The fraction of sp³-hybridized carbons (Fsp3) is 0.500. The van der Waals surface area contributed by atoms with E-state index in [1.807, 2.05) is 23.8 Å². The highest BCUT2D eigenvalue weighted by Crippen LogP contribution is 2.07. The van der Waals surface area contributed by atoms with E-state index in [0.717, 1.165) is 5.56 Å². The van der Waals surface area contributed by atoms with Crippen molar-refractivity contribution in [3.05, 3.63) is 22.4 Å². The Kier molecular flexibility index (Phi) is 3.48. The highest BCUT2D eigenvalue weighted by molar-refractivity contribution is 7.08. The molecule has 2 nitrogen and oxygen atoms in total. The Morgan fingerprint density at radius 2 is 2.15 bits per heavy atom. The molecule has 13 heavy (non-hydrogen) atoms. The molecule has 0 aliphatic heterocycles. The van der Waals surface area contributed by atoms with Gasteiger partial charge in [-0.25, -0.2) is 0 Å². The summed E-state index contributed by atoms with van der Waals surface area (Å²) in [5.74, 6) is 0.505. The van der Waals surface area contributed by atoms with Crippen molar-refractivity contribution < 1.29 is 4.79 Å². The van der Waals surface area contributed by atoms with Crippen LogP contribution < -0.4 is 5.32 Å². The zero-order valence-electron chi connectivity index (χ0n) is 8.20. The van der Waals surface area contributed by atoms with Crippen LogP contribution in [0.15, 0.2) is 16.8 Å². The minimum Gasteiger partial charge on any atom is -0.349 e. The van der Waals surface area contributed by atoms with Gasteiger partial charge in [0.25, 0.3) is 5.91 Å². The van der Waals surface area contributed by atoms with Crippen molar-refractivity contribution in [1.82, 2.24) is 5.32 Å². The van der Waals surface area contributed by atoms with Crippen LogP contribution in [0.2, 0.25) is 0 Å². The van der Waals surface area contributed by atoms with Gasteiger partial charge in [-0.1, -0.05) is 13.8 Å². The van der Waals surface area contributed by atoms with E-state index < -0.39 is 0 Å². The summed E-state index contributed by atoms with van der Waals surface area (Å²) in [6, 6.07) is 2.07. The molecule has 3 heteroatoms. The summed E-state index contributed by atoms with van der Waals surface area (Å²) in [5.41, 5.74) is 0.762. The van der Waals surface area contributed by atoms with Crippen LogP contribution in [0.1, 0.15) is 31.1 Å². The van der Waals surface area contributed by atoms with Crippen molar-refractivity contribution in [1.29, 1.82) is 0 Å². The summed E-state index contributed by atoms with van der Waals surface area (Å²) in [4.78, 5) is 11.5. The lowest BCUT2D eigenvalue weighted by atomic mass is 10.1. The van der Waals surface area contributed by atoms with Crippen molar-refractivity contribution in [3.8, 4) is 0 Å². The fourth-order valence-corrected chi connectivity index (χ4v) is 1.49. The Hall–Kier alpha value is -0.830. The van der Waals surface area contributed by atoms with E-state index in [1.54, 1.807) is 11.3 Å². The molecular weight excluding hydrogens is 182 g/mol. The standard InChI is InChI=1S/C10H15NOS/c1-7(2)8(3)11-10(12)9-4-5-13-6-9/h4-8H,1-3H3,(H,11,12). The minimum absolute atomic E-state index is 0.0300. The van der Waals surface area contributed by atoms with Crippen molar-refractivity contribution in [3.63, 3.8) is 0 Å². The summed E-state index contributed by atoms with van der Waals surface area (Å²) in [6.07, 6.45) is 0. The van der Waals surface area contributed by atoms with Gasteiger partial charge in [-0.3, -0.25) is 4.79 Å². The highest BCUT2D eigenvalue weighted by atomic mass is 32.1. The number of rotatable bonds is 3. The number of carbonyl (C=O) groups excluding carboxylic acids is 1. The van der Waals surface area contributed by atoms with E-state index in [2.05, 4.69) is 19.2 Å². The number of amides is 1. The number of hydrogen-bond donors (Lipinski definition) is 1. The second-order valence-electron chi connectivity index (χ2n) is 3.52. The third-order valence-corrected chi connectivity index (χ3v) is 2.83. The maximum Gasteiger partial charge on any atom is 0.252 e. The first kappa shape index (κ1) is 10.3. The Labute approximate surface area is 83.0 Å². The molecule has 0 bridgehead atoms. The monoisotopic (exact) mass is 197 g/mol. The van der Waals surface area contributed by atoms with Crippen molar-refractivity contribution in [2.24, 2.45) is 5.92 Å². The number of nitrogens with one attached hydrogen (secondary N) is 1. The first-order valence-electron chi connectivity index (χ1n) is 4.44. The maximum atomic E-state index is 11.5. The molecule has 1 N–H and O–H groups in total. The molecule has 0 radical (unpaired) electrons. The van der Waals surface area contributed by atoms with Gasteiger partial charge in [-0.2, -0.15) is 11.3 Å². The molecule has 0 aliphatic rings. The molecule has 72 valence electrons. The minimum atomic E-state index is 0.0300. The van der Waals surface area contributed by atoms with Gasteiger partial charge in [-0.05, 0) is 24.3 Å². The van der Waals surface area contributed by atoms with Gasteiger partial charge in [0.05, 0.1) is 0 Å². The largest absolute Gasteiger partial charge is 0.349 e. The predicted octanol–water partition coefficient (Wildman–Crippen LogP) is 2.52. The molecule has 1 unspecified atom stereocenters. The predicted molar refractivity (Wildman–Crippen MR) is 56.1 cm³/mol. The number of hydrogen-bond acceptors (Lipinski definition) is 2. The zero-order chi connectivity index (χ0) is 9.84. The van der Waals surface area contributed by atoms with E-state index in [-0.39, 0.29) is 11.9 Å². The van der Waals surface area contributed by atoms with Crippen LogP contribution in [0.3, 0.4) is 0 Å². The number of thiophene rings is 1. The molecule has 1 rings (SSSR count). The topological polar surface area (TPSA) is 29.1 Å². The molecule has 1 aromatic rings. The van der Waals surface area contributed by atoms with Crippen LogP contribution >= 0.6 is 11.3 Å². The van der Waals surface area contributed by atoms with Gasteiger partial charge in [0.2, 0.25) is 0 Å². The Morgan fingerprint density at radius 1 is 1.46 bits per heavy atom. The molecule has 1 atom stereocenters. The quantitative estimate of drug-likeness (QED) is 0.792. The molecular formula is C10H15NOS. The van der Waals surface area contributed by atoms with Crippen molar-refractivity contribution >= 4 is 17.2 Å². The van der Waals surface area contributed by atoms with E-state index in [0.29, 0.717) is 5.92 Å². The van der Waals surface area contributed by atoms with Gasteiger partial charge in [0.15, 0.2) is 0 Å². The summed E-state index contributed by atoms with van der Waals surface area (Å²) in [7, 11) is 0. The number of carbonyl (C=O) groups is 1. The lowest BCUT2D eigenvalue weighted by Gasteiger charge is -2.16. The SMILES string of the molecule is CC(C)C(C)NC(=O)c1ccsc1. The van der Waals surface area contributed by atoms with Crippen molar-refractivity contribution in [2.45, 2.75) is 26.8 Å². The van der Waals surface area contributed by atoms with Gasteiger partial charge < -0.3 is 5.32 Å². The first-order chi connectivity index (χ1) is 6.11. The van der Waals surface area contributed by atoms with Crippen LogP contribution in [0, 0.1) is 5.92 Å². The van der Waals surface area contributed by atoms with Gasteiger partial charge in [0, 0.05) is 17.0 Å². The van der Waals surface area contributed by atoms with E-state index in [4.69, 9.17) is 0 Å². The van der Waals surface area contributed by atoms with Crippen molar-refractivity contribution in [2.75, 3.05) is 0 Å². The summed E-state index contributed by atoms with van der Waals surface area (Å²) >= 11 is 1.54. The molecule has 1 heterocycles. The second-order valence-corrected chi connectivity index (χ2v) is 4.30. The van der Waals surface area contributed by atoms with Gasteiger partial charge in [0.1, 0.15) is 0 Å². The highest BCUT2D eigenvalue weighted by Gasteiger charge is 2.11. The maximum absolute atomic E-state index is 11.5. The summed E-state index contributed by atoms with van der Waals surface area (Å²) in [5, 5.41) is 6.72. The normalized spacial score (nSPS) is 12.9. The Bertz CT molecular complexity index is 266. The second kappa shape index (κ2) is 4.42. The van der Waals surface area contributed by atoms with Crippen LogP contribution in [-0.4, -0.2) is 11.9 Å². The van der Waals surface area contributed by atoms with E-state index in [9.17, 15) is 4.79 Å². The zero-order valence-corrected chi connectivity index (χ0v) is 9.02. The third kappa shape index (κ3) is 2.84. The summed E-state index contributed by atoms with van der Waals surface area (Å²) in [6.45, 7) is 6.21. The third-order valence-electron chi connectivity index (χ3n) is 2.14. The van der Waals surface area contributed by atoms with Crippen LogP contribution in [0.4, 0.5) is 0 Å². The Balaban J connectivity index is 2.52. The van der Waals surface area contributed by atoms with E-state index >= 15 is 0 Å². The van der Waals surface area contributed by atoms with Crippen LogP contribution in [-0.2, 0) is 0 Å². The lowest BCUT2D eigenvalue weighted by molar-refractivity contribution is 0.0931.